The molecule has 0 spiro atoms. The van der Waals surface area contributed by atoms with Crippen LogP contribution in [-0.4, -0.2) is 11.1 Å². The molecule has 0 saturated carbocycles. The van der Waals surface area contributed by atoms with Crippen molar-refractivity contribution in [1.82, 2.24) is 0 Å². The Hall–Kier alpha value is -2.07. The van der Waals surface area contributed by atoms with Crippen molar-refractivity contribution in [2.75, 3.05) is 5.32 Å². The molecule has 0 fully saturated rings. The zero-order chi connectivity index (χ0) is 14.0. The van der Waals surface area contributed by atoms with Crippen LogP contribution in [0.15, 0.2) is 36.4 Å². The van der Waals surface area contributed by atoms with Crippen molar-refractivity contribution in [3.8, 4) is 0 Å². The Bertz CT molecular complexity index is 643. The van der Waals surface area contributed by atoms with Gasteiger partial charge < -0.3 is 10.4 Å². The quantitative estimate of drug-likeness (QED) is 0.884. The van der Waals surface area contributed by atoms with E-state index in [1.165, 1.54) is 12.1 Å². The van der Waals surface area contributed by atoms with E-state index in [4.69, 9.17) is 16.7 Å². The highest BCUT2D eigenvalue weighted by atomic mass is 35.5. The number of carboxylic acids is 1. The molecule has 2 aromatic rings. The lowest BCUT2D eigenvalue weighted by molar-refractivity contribution is 0.0696. The molecule has 0 atom stereocenters. The molecule has 19 heavy (non-hydrogen) atoms. The minimum absolute atomic E-state index is 0.0918. The highest BCUT2D eigenvalue weighted by Gasteiger charge is 2.09. The number of carboxylic acid groups (broad SMARTS) is 1. The lowest BCUT2D eigenvalue weighted by atomic mass is 10.1. The molecule has 0 heterocycles. The molecular formula is C14H11ClFNO2. The van der Waals surface area contributed by atoms with Gasteiger partial charge in [-0.1, -0.05) is 17.7 Å². The van der Waals surface area contributed by atoms with Crippen LogP contribution in [-0.2, 0) is 0 Å². The number of anilines is 2. The number of halogens is 2. The lowest BCUT2D eigenvalue weighted by Crippen LogP contribution is -2.00. The zero-order valence-corrected chi connectivity index (χ0v) is 10.8. The maximum atomic E-state index is 13.8. The summed E-state index contributed by atoms with van der Waals surface area (Å²) in [7, 11) is 0. The summed E-state index contributed by atoms with van der Waals surface area (Å²) >= 11 is 5.98. The Labute approximate surface area is 114 Å². The van der Waals surface area contributed by atoms with Gasteiger partial charge in [0.15, 0.2) is 0 Å². The molecule has 2 N–H and O–H groups in total. The Kier molecular flexibility index (Phi) is 3.71. The van der Waals surface area contributed by atoms with E-state index in [2.05, 4.69) is 5.32 Å². The molecule has 0 saturated heterocycles. The van der Waals surface area contributed by atoms with Crippen LogP contribution in [0.5, 0.6) is 0 Å². The van der Waals surface area contributed by atoms with E-state index in [1.807, 2.05) is 6.92 Å². The monoisotopic (exact) mass is 279 g/mol. The summed E-state index contributed by atoms with van der Waals surface area (Å²) in [5, 5.41) is 12.2. The van der Waals surface area contributed by atoms with Gasteiger partial charge in [-0.3, -0.25) is 0 Å². The van der Waals surface area contributed by atoms with E-state index in [0.29, 0.717) is 10.7 Å². The van der Waals surface area contributed by atoms with Crippen LogP contribution in [0.3, 0.4) is 0 Å². The predicted molar refractivity (Wildman–Crippen MR) is 72.8 cm³/mol. The van der Waals surface area contributed by atoms with Gasteiger partial charge in [0.05, 0.1) is 11.3 Å². The minimum atomic E-state index is -1.16. The normalized spacial score (nSPS) is 10.3. The highest BCUT2D eigenvalue weighted by molar-refractivity contribution is 6.31. The minimum Gasteiger partial charge on any atom is -0.478 e. The third kappa shape index (κ3) is 2.85. The van der Waals surface area contributed by atoms with Crippen LogP contribution < -0.4 is 5.32 Å². The second-order valence-electron chi connectivity index (χ2n) is 4.04. The molecule has 0 aliphatic heterocycles. The fourth-order valence-electron chi connectivity index (χ4n) is 1.64. The second-order valence-corrected chi connectivity index (χ2v) is 4.44. The van der Waals surface area contributed by atoms with Crippen LogP contribution >= 0.6 is 11.6 Å². The van der Waals surface area contributed by atoms with Crippen molar-refractivity contribution >= 4 is 28.9 Å². The van der Waals surface area contributed by atoms with Gasteiger partial charge in [0.1, 0.15) is 5.82 Å². The van der Waals surface area contributed by atoms with Gasteiger partial charge in [0.25, 0.3) is 0 Å². The molecule has 0 aliphatic rings. The summed E-state index contributed by atoms with van der Waals surface area (Å²) < 4.78 is 13.8. The topological polar surface area (TPSA) is 49.3 Å². The number of hydrogen-bond acceptors (Lipinski definition) is 2. The van der Waals surface area contributed by atoms with E-state index in [1.54, 1.807) is 18.2 Å². The third-order valence-corrected chi connectivity index (χ3v) is 3.16. The van der Waals surface area contributed by atoms with Gasteiger partial charge in [-0.15, -0.1) is 0 Å². The number of aromatic carboxylic acids is 1. The van der Waals surface area contributed by atoms with Gasteiger partial charge in [-0.2, -0.15) is 0 Å². The van der Waals surface area contributed by atoms with E-state index in [9.17, 15) is 9.18 Å². The van der Waals surface area contributed by atoms with E-state index >= 15 is 0 Å². The zero-order valence-electron chi connectivity index (χ0n) is 10.1. The van der Waals surface area contributed by atoms with Crippen LogP contribution in [0.1, 0.15) is 15.9 Å². The summed E-state index contributed by atoms with van der Waals surface area (Å²) in [5.41, 5.74) is 1.58. The predicted octanol–water partition coefficient (Wildman–Crippen LogP) is 4.23. The number of hydrogen-bond donors (Lipinski definition) is 2. The molecule has 0 aliphatic carbocycles. The number of nitrogens with one attached hydrogen (secondary N) is 1. The maximum absolute atomic E-state index is 13.8. The van der Waals surface area contributed by atoms with Crippen molar-refractivity contribution in [3.63, 3.8) is 0 Å². The first kappa shape index (κ1) is 13.4. The maximum Gasteiger partial charge on any atom is 0.335 e. The molecular weight excluding hydrogens is 269 g/mol. The fraction of sp³-hybridized carbons (Fsp3) is 0.0714. The summed E-state index contributed by atoms with van der Waals surface area (Å²) in [6.07, 6.45) is 0. The van der Waals surface area contributed by atoms with Crippen LogP contribution in [0.4, 0.5) is 15.8 Å². The van der Waals surface area contributed by atoms with Crippen molar-refractivity contribution < 1.29 is 14.3 Å². The average Bonchev–Trinajstić information content (AvgIpc) is 2.37. The number of rotatable bonds is 3. The Balaban J connectivity index is 2.34. The van der Waals surface area contributed by atoms with E-state index in [0.717, 1.165) is 11.6 Å². The molecule has 0 radical (unpaired) electrons. The average molecular weight is 280 g/mol. The van der Waals surface area contributed by atoms with Gasteiger partial charge in [0, 0.05) is 10.7 Å². The lowest BCUT2D eigenvalue weighted by Gasteiger charge is -2.11. The number of carbonyl (C=O) groups is 1. The summed E-state index contributed by atoms with van der Waals surface area (Å²) in [5.74, 6) is -1.79. The largest absolute Gasteiger partial charge is 0.478 e. The first-order valence-corrected chi connectivity index (χ1v) is 5.92. The molecule has 98 valence electrons. The molecule has 0 unspecified atom stereocenters. The molecule has 2 aromatic carbocycles. The second kappa shape index (κ2) is 5.28. The van der Waals surface area contributed by atoms with Crippen LogP contribution in [0.25, 0.3) is 0 Å². The standard InChI is InChI=1S/C14H11ClFNO2/c1-8-10(15)3-2-4-12(8)17-13-6-5-9(14(18)19)7-11(13)16/h2-7,17H,1H3,(H,18,19). The molecule has 2 rings (SSSR count). The van der Waals surface area contributed by atoms with Crippen molar-refractivity contribution in [2.45, 2.75) is 6.92 Å². The van der Waals surface area contributed by atoms with Gasteiger partial charge in [0.2, 0.25) is 0 Å². The number of benzene rings is 2. The highest BCUT2D eigenvalue weighted by Crippen LogP contribution is 2.27. The smallest absolute Gasteiger partial charge is 0.335 e. The molecule has 0 aromatic heterocycles. The fourth-order valence-corrected chi connectivity index (χ4v) is 1.81. The van der Waals surface area contributed by atoms with E-state index < -0.39 is 11.8 Å². The Morgan fingerprint density at radius 1 is 1.26 bits per heavy atom. The molecule has 3 nitrogen and oxygen atoms in total. The summed E-state index contributed by atoms with van der Waals surface area (Å²) in [4.78, 5) is 10.7. The molecule has 0 amide bonds. The van der Waals surface area contributed by atoms with Crippen molar-refractivity contribution in [2.24, 2.45) is 0 Å². The first-order chi connectivity index (χ1) is 8.99. The Morgan fingerprint density at radius 2 is 2.00 bits per heavy atom. The molecule has 5 heteroatoms. The SMILES string of the molecule is Cc1c(Cl)cccc1Nc1ccc(C(=O)O)cc1F. The Morgan fingerprint density at radius 3 is 2.63 bits per heavy atom. The van der Waals surface area contributed by atoms with Gasteiger partial charge in [-0.25, -0.2) is 9.18 Å². The first-order valence-electron chi connectivity index (χ1n) is 5.54. The summed E-state index contributed by atoms with van der Waals surface area (Å²) in [6.45, 7) is 1.81. The third-order valence-electron chi connectivity index (χ3n) is 2.75. The van der Waals surface area contributed by atoms with Crippen molar-refractivity contribution in [1.29, 1.82) is 0 Å². The van der Waals surface area contributed by atoms with Gasteiger partial charge >= 0.3 is 5.97 Å². The van der Waals surface area contributed by atoms with Crippen LogP contribution in [0.2, 0.25) is 5.02 Å². The van der Waals surface area contributed by atoms with Crippen LogP contribution in [0, 0.1) is 12.7 Å². The van der Waals surface area contributed by atoms with Crippen molar-refractivity contribution in [3.05, 3.63) is 58.4 Å². The summed E-state index contributed by atoms with van der Waals surface area (Å²) in [6, 6.07) is 8.97. The molecule has 0 bridgehead atoms. The van der Waals surface area contributed by atoms with E-state index in [-0.39, 0.29) is 11.3 Å². The van der Waals surface area contributed by atoms with Gasteiger partial charge in [-0.05, 0) is 42.8 Å².